The van der Waals surface area contributed by atoms with Gasteiger partial charge in [0.2, 0.25) is 0 Å². The second-order valence-electron chi connectivity index (χ2n) is 7.01. The molecule has 3 heteroatoms. The van der Waals surface area contributed by atoms with E-state index in [1.165, 1.54) is 19.3 Å². The third-order valence-electron chi connectivity index (χ3n) is 5.48. The first-order valence-corrected chi connectivity index (χ1v) is 7.90. The molecule has 3 aliphatic rings. The SMILES string of the molecule is CC1(C(=O)C2CCOC3(CCOC3)C2)CCCCC1. The summed E-state index contributed by atoms with van der Waals surface area (Å²) in [5.74, 6) is 0.723. The van der Waals surface area contributed by atoms with Crippen LogP contribution < -0.4 is 0 Å². The minimum atomic E-state index is -0.135. The van der Waals surface area contributed by atoms with Crippen molar-refractivity contribution < 1.29 is 14.3 Å². The molecule has 0 aromatic rings. The van der Waals surface area contributed by atoms with E-state index in [2.05, 4.69) is 6.92 Å². The first-order valence-electron chi connectivity index (χ1n) is 7.90. The molecule has 108 valence electrons. The molecule has 0 aromatic heterocycles. The molecule has 0 radical (unpaired) electrons. The molecule has 1 spiro atoms. The van der Waals surface area contributed by atoms with Crippen LogP contribution in [-0.2, 0) is 14.3 Å². The summed E-state index contributed by atoms with van der Waals surface area (Å²) in [4.78, 5) is 12.9. The Hall–Kier alpha value is -0.410. The minimum Gasteiger partial charge on any atom is -0.378 e. The molecule has 0 N–H and O–H groups in total. The van der Waals surface area contributed by atoms with E-state index in [4.69, 9.17) is 9.47 Å². The molecular weight excluding hydrogens is 240 g/mol. The van der Waals surface area contributed by atoms with Crippen LogP contribution in [0.15, 0.2) is 0 Å². The molecule has 2 saturated heterocycles. The summed E-state index contributed by atoms with van der Waals surface area (Å²) >= 11 is 0. The Bertz CT molecular complexity index is 338. The lowest BCUT2D eigenvalue weighted by atomic mass is 9.67. The molecule has 1 aliphatic carbocycles. The Morgan fingerprint density at radius 3 is 2.58 bits per heavy atom. The summed E-state index contributed by atoms with van der Waals surface area (Å²) in [6, 6.07) is 0. The molecule has 2 unspecified atom stereocenters. The molecule has 3 fully saturated rings. The maximum Gasteiger partial charge on any atom is 0.142 e. The van der Waals surface area contributed by atoms with Crippen molar-refractivity contribution in [3.8, 4) is 0 Å². The van der Waals surface area contributed by atoms with E-state index in [1.54, 1.807) is 0 Å². The van der Waals surface area contributed by atoms with Gasteiger partial charge in [0, 0.05) is 31.0 Å². The monoisotopic (exact) mass is 266 g/mol. The number of ketones is 1. The van der Waals surface area contributed by atoms with Gasteiger partial charge in [-0.25, -0.2) is 0 Å². The summed E-state index contributed by atoms with van der Waals surface area (Å²) in [6.45, 7) is 4.41. The summed E-state index contributed by atoms with van der Waals surface area (Å²) in [7, 11) is 0. The molecule has 1 saturated carbocycles. The predicted molar refractivity (Wildman–Crippen MR) is 73.0 cm³/mol. The van der Waals surface area contributed by atoms with Crippen LogP contribution >= 0.6 is 0 Å². The second kappa shape index (κ2) is 5.17. The van der Waals surface area contributed by atoms with E-state index in [-0.39, 0.29) is 16.9 Å². The van der Waals surface area contributed by atoms with E-state index >= 15 is 0 Å². The van der Waals surface area contributed by atoms with Gasteiger partial charge >= 0.3 is 0 Å². The van der Waals surface area contributed by atoms with Gasteiger partial charge < -0.3 is 9.47 Å². The first-order chi connectivity index (χ1) is 9.14. The highest BCUT2D eigenvalue weighted by Crippen LogP contribution is 2.43. The number of carbonyl (C=O) groups excluding carboxylic acids is 1. The molecule has 2 aliphatic heterocycles. The van der Waals surface area contributed by atoms with Gasteiger partial charge in [-0.2, -0.15) is 0 Å². The second-order valence-corrected chi connectivity index (χ2v) is 7.01. The van der Waals surface area contributed by atoms with Crippen LogP contribution in [0.5, 0.6) is 0 Å². The Labute approximate surface area is 116 Å². The molecule has 19 heavy (non-hydrogen) atoms. The Kier molecular flexibility index (Phi) is 3.69. The van der Waals surface area contributed by atoms with Crippen LogP contribution in [0.4, 0.5) is 0 Å². The first kappa shape index (κ1) is 13.6. The van der Waals surface area contributed by atoms with Gasteiger partial charge in [-0.1, -0.05) is 26.2 Å². The van der Waals surface area contributed by atoms with Crippen LogP contribution in [-0.4, -0.2) is 31.2 Å². The van der Waals surface area contributed by atoms with Crippen molar-refractivity contribution in [1.82, 2.24) is 0 Å². The molecule has 2 heterocycles. The predicted octanol–water partition coefficient (Wildman–Crippen LogP) is 3.11. The third-order valence-corrected chi connectivity index (χ3v) is 5.48. The van der Waals surface area contributed by atoms with Gasteiger partial charge in [0.05, 0.1) is 12.2 Å². The van der Waals surface area contributed by atoms with E-state index in [0.717, 1.165) is 45.3 Å². The van der Waals surface area contributed by atoms with Gasteiger partial charge in [-0.05, 0) is 25.7 Å². The van der Waals surface area contributed by atoms with Crippen molar-refractivity contribution in [1.29, 1.82) is 0 Å². The molecule has 0 bridgehead atoms. The summed E-state index contributed by atoms with van der Waals surface area (Å²) < 4.78 is 11.5. The fraction of sp³-hybridized carbons (Fsp3) is 0.938. The highest BCUT2D eigenvalue weighted by Gasteiger charge is 2.46. The molecule has 2 atom stereocenters. The topological polar surface area (TPSA) is 35.5 Å². The summed E-state index contributed by atoms with van der Waals surface area (Å²) in [5, 5.41) is 0. The van der Waals surface area contributed by atoms with Crippen molar-refractivity contribution in [2.24, 2.45) is 11.3 Å². The van der Waals surface area contributed by atoms with E-state index in [0.29, 0.717) is 12.4 Å². The normalized spacial score (nSPS) is 38.5. The van der Waals surface area contributed by atoms with Gasteiger partial charge in [0.25, 0.3) is 0 Å². The van der Waals surface area contributed by atoms with Crippen molar-refractivity contribution in [3.63, 3.8) is 0 Å². The van der Waals surface area contributed by atoms with Gasteiger partial charge in [0.15, 0.2) is 0 Å². The molecule has 3 rings (SSSR count). The molecule has 3 nitrogen and oxygen atoms in total. The Morgan fingerprint density at radius 2 is 1.89 bits per heavy atom. The van der Waals surface area contributed by atoms with Gasteiger partial charge in [-0.3, -0.25) is 4.79 Å². The maximum absolute atomic E-state index is 12.9. The number of hydrogen-bond donors (Lipinski definition) is 0. The number of hydrogen-bond acceptors (Lipinski definition) is 3. The number of ether oxygens (including phenoxy) is 2. The average Bonchev–Trinajstić information content (AvgIpc) is 2.87. The quantitative estimate of drug-likeness (QED) is 0.770. The van der Waals surface area contributed by atoms with Crippen molar-refractivity contribution in [3.05, 3.63) is 0 Å². The smallest absolute Gasteiger partial charge is 0.142 e. The lowest BCUT2D eigenvalue weighted by Crippen LogP contribution is -2.46. The zero-order chi connectivity index (χ0) is 13.3. The van der Waals surface area contributed by atoms with Gasteiger partial charge in [0.1, 0.15) is 5.78 Å². The highest BCUT2D eigenvalue weighted by atomic mass is 16.6. The highest BCUT2D eigenvalue weighted by molar-refractivity contribution is 5.87. The fourth-order valence-corrected chi connectivity index (χ4v) is 4.19. The van der Waals surface area contributed by atoms with Crippen LogP contribution in [0.1, 0.15) is 58.3 Å². The average molecular weight is 266 g/mol. The van der Waals surface area contributed by atoms with Crippen molar-refractivity contribution in [2.45, 2.75) is 63.9 Å². The number of carbonyl (C=O) groups is 1. The standard InChI is InChI=1S/C16H26O3/c1-15(6-3-2-4-7-15)14(17)13-5-9-19-16(11-13)8-10-18-12-16/h13H,2-12H2,1H3. The third kappa shape index (κ3) is 2.59. The van der Waals surface area contributed by atoms with Crippen LogP contribution in [0.3, 0.4) is 0 Å². The zero-order valence-electron chi connectivity index (χ0n) is 12.1. The van der Waals surface area contributed by atoms with Crippen LogP contribution in [0.2, 0.25) is 0 Å². The number of Topliss-reactive ketones (excluding diaryl/α,β-unsaturated/α-hetero) is 1. The molecule has 0 aromatic carbocycles. The van der Waals surface area contributed by atoms with E-state index in [1.807, 2.05) is 0 Å². The maximum atomic E-state index is 12.9. The van der Waals surface area contributed by atoms with E-state index in [9.17, 15) is 4.79 Å². The molecular formula is C16H26O3. The summed E-state index contributed by atoms with van der Waals surface area (Å²) in [5.41, 5.74) is -0.190. The van der Waals surface area contributed by atoms with E-state index < -0.39 is 0 Å². The Balaban J connectivity index is 1.69. The van der Waals surface area contributed by atoms with Crippen molar-refractivity contribution >= 4 is 5.78 Å². The zero-order valence-corrected chi connectivity index (χ0v) is 12.1. The lowest BCUT2D eigenvalue weighted by molar-refractivity contribution is -0.147. The lowest BCUT2D eigenvalue weighted by Gasteiger charge is -2.41. The van der Waals surface area contributed by atoms with Crippen molar-refractivity contribution in [2.75, 3.05) is 19.8 Å². The summed E-state index contributed by atoms with van der Waals surface area (Å²) in [6.07, 6.45) is 8.69. The minimum absolute atomic E-state index is 0.0547. The van der Waals surface area contributed by atoms with Gasteiger partial charge in [-0.15, -0.1) is 0 Å². The Morgan fingerprint density at radius 1 is 1.11 bits per heavy atom. The van der Waals surface area contributed by atoms with Crippen LogP contribution in [0.25, 0.3) is 0 Å². The largest absolute Gasteiger partial charge is 0.378 e. The van der Waals surface area contributed by atoms with Crippen LogP contribution in [0, 0.1) is 11.3 Å². The molecule has 0 amide bonds. The number of rotatable bonds is 2. The fourth-order valence-electron chi connectivity index (χ4n) is 4.19.